The van der Waals surface area contributed by atoms with Crippen molar-refractivity contribution in [1.29, 1.82) is 0 Å². The fourth-order valence-electron chi connectivity index (χ4n) is 4.11. The molecule has 5 nitrogen and oxygen atoms in total. The predicted octanol–water partition coefficient (Wildman–Crippen LogP) is 4.67. The van der Waals surface area contributed by atoms with Crippen LogP contribution < -0.4 is 5.32 Å². The van der Waals surface area contributed by atoms with Crippen molar-refractivity contribution in [3.63, 3.8) is 0 Å². The van der Waals surface area contributed by atoms with Crippen LogP contribution in [0.25, 0.3) is 11.0 Å². The zero-order chi connectivity index (χ0) is 21.9. The quantitative estimate of drug-likeness (QED) is 0.533. The van der Waals surface area contributed by atoms with Crippen molar-refractivity contribution in [3.05, 3.63) is 59.4 Å². The molecule has 5 heteroatoms. The number of aromatic nitrogens is 2. The van der Waals surface area contributed by atoms with Gasteiger partial charge in [-0.15, -0.1) is 0 Å². The van der Waals surface area contributed by atoms with Gasteiger partial charge in [-0.3, -0.25) is 0 Å². The minimum atomic E-state index is -0.369. The lowest BCUT2D eigenvalue weighted by atomic mass is 9.96. The van der Waals surface area contributed by atoms with Crippen molar-refractivity contribution < 1.29 is 9.90 Å². The summed E-state index contributed by atoms with van der Waals surface area (Å²) in [4.78, 5) is 17.0. The number of fused-ring (bicyclic) bond motifs is 1. The summed E-state index contributed by atoms with van der Waals surface area (Å²) in [6.07, 6.45) is 2.61. The van der Waals surface area contributed by atoms with Gasteiger partial charge in [0.05, 0.1) is 17.1 Å². The summed E-state index contributed by atoms with van der Waals surface area (Å²) in [6.45, 7) is 8.30. The summed E-state index contributed by atoms with van der Waals surface area (Å²) in [7, 11) is 1.91. The number of imidazole rings is 1. The molecule has 2 aromatic carbocycles. The lowest BCUT2D eigenvalue weighted by molar-refractivity contribution is -0.109. The number of aliphatic hydroxyl groups is 1. The van der Waals surface area contributed by atoms with Crippen LogP contribution in [0, 0.1) is 0 Å². The molecule has 2 atom stereocenters. The molecule has 2 unspecified atom stereocenters. The summed E-state index contributed by atoms with van der Waals surface area (Å²) in [5.74, 6) is 0.666. The molecule has 30 heavy (non-hydrogen) atoms. The molecule has 0 amide bonds. The Kier molecular flexibility index (Phi) is 6.61. The zero-order valence-corrected chi connectivity index (χ0v) is 18.6. The van der Waals surface area contributed by atoms with Crippen LogP contribution in [0.4, 0.5) is 5.69 Å². The molecule has 1 heterocycles. The van der Waals surface area contributed by atoms with E-state index < -0.39 is 0 Å². The van der Waals surface area contributed by atoms with Gasteiger partial charge in [0, 0.05) is 36.2 Å². The maximum absolute atomic E-state index is 12.0. The zero-order valence-electron chi connectivity index (χ0n) is 18.6. The Morgan fingerprint density at radius 1 is 1.17 bits per heavy atom. The molecule has 0 saturated carbocycles. The molecule has 0 aliphatic carbocycles. The molecule has 0 aliphatic rings. The first kappa shape index (κ1) is 22.0. The molecule has 0 spiro atoms. The molecule has 0 radical (unpaired) electrons. The van der Waals surface area contributed by atoms with E-state index >= 15 is 0 Å². The van der Waals surface area contributed by atoms with Crippen LogP contribution in [0.15, 0.2) is 42.5 Å². The van der Waals surface area contributed by atoms with Crippen molar-refractivity contribution in [2.75, 3.05) is 12.4 Å². The fourth-order valence-corrected chi connectivity index (χ4v) is 4.11. The smallest absolute Gasteiger partial charge is 0.127 e. The van der Waals surface area contributed by atoms with E-state index in [4.69, 9.17) is 4.98 Å². The third-order valence-electron chi connectivity index (χ3n) is 5.55. The Morgan fingerprint density at radius 2 is 1.87 bits per heavy atom. The van der Waals surface area contributed by atoms with Gasteiger partial charge in [0.1, 0.15) is 12.1 Å². The summed E-state index contributed by atoms with van der Waals surface area (Å²) in [5.41, 5.74) is 4.98. The number of hydrogen-bond donors (Lipinski definition) is 2. The lowest BCUT2D eigenvalue weighted by Crippen LogP contribution is -2.25. The second-order valence-electron chi connectivity index (χ2n) is 8.99. The molecule has 3 rings (SSSR count). The molecule has 2 N–H and O–H groups in total. The molecular formula is C25H33N3O2. The Bertz CT molecular complexity index is 1000. The van der Waals surface area contributed by atoms with Gasteiger partial charge in [-0.25, -0.2) is 4.98 Å². The minimum Gasteiger partial charge on any atom is -0.393 e. The van der Waals surface area contributed by atoms with Gasteiger partial charge in [-0.05, 0) is 58.2 Å². The van der Waals surface area contributed by atoms with Crippen molar-refractivity contribution in [3.8, 4) is 0 Å². The molecule has 0 bridgehead atoms. The summed E-state index contributed by atoms with van der Waals surface area (Å²) in [5, 5.41) is 13.1. The lowest BCUT2D eigenvalue weighted by Gasteiger charge is -2.26. The van der Waals surface area contributed by atoms with E-state index in [-0.39, 0.29) is 17.6 Å². The number of rotatable bonds is 8. The topological polar surface area (TPSA) is 67.2 Å². The van der Waals surface area contributed by atoms with Gasteiger partial charge in [0.15, 0.2) is 0 Å². The highest BCUT2D eigenvalue weighted by molar-refractivity contribution is 5.85. The normalized spacial score (nSPS) is 13.9. The summed E-state index contributed by atoms with van der Waals surface area (Å²) < 4.78 is 2.26. The van der Waals surface area contributed by atoms with E-state index in [0.717, 1.165) is 46.4 Å². The van der Waals surface area contributed by atoms with E-state index in [2.05, 4.69) is 42.8 Å². The van der Waals surface area contributed by atoms with Crippen molar-refractivity contribution in [1.82, 2.24) is 9.55 Å². The van der Waals surface area contributed by atoms with Crippen LogP contribution in [0.1, 0.15) is 57.0 Å². The molecule has 0 fully saturated rings. The van der Waals surface area contributed by atoms with Crippen LogP contribution >= 0.6 is 0 Å². The Hall–Kier alpha value is -2.66. The third-order valence-corrected chi connectivity index (χ3v) is 5.55. The van der Waals surface area contributed by atoms with Crippen LogP contribution in [-0.4, -0.2) is 34.1 Å². The van der Waals surface area contributed by atoms with Gasteiger partial charge >= 0.3 is 0 Å². The number of carbonyl (C=O) groups excluding carboxylic acids is 1. The van der Waals surface area contributed by atoms with Crippen molar-refractivity contribution in [2.24, 2.45) is 0 Å². The first-order valence-corrected chi connectivity index (χ1v) is 10.7. The van der Waals surface area contributed by atoms with Gasteiger partial charge in [0.2, 0.25) is 0 Å². The fraction of sp³-hybridized carbons (Fsp3) is 0.440. The Labute approximate surface area is 179 Å². The second kappa shape index (κ2) is 9.00. The number of aliphatic hydroxyl groups excluding tert-OH is 1. The van der Waals surface area contributed by atoms with Gasteiger partial charge in [-0.2, -0.15) is 0 Å². The van der Waals surface area contributed by atoms with E-state index in [1.165, 1.54) is 0 Å². The average Bonchev–Trinajstić information content (AvgIpc) is 3.09. The van der Waals surface area contributed by atoms with Crippen LogP contribution in [0.2, 0.25) is 0 Å². The molecule has 3 aromatic rings. The highest BCUT2D eigenvalue weighted by Crippen LogP contribution is 2.33. The SMILES string of the molecule is CNc1ccc2c(nc(CC(C=O)c3ccccc3)n2C(C)(C)C)c1CCC(C)O. The number of benzene rings is 2. The molecule has 160 valence electrons. The average molecular weight is 408 g/mol. The number of hydrogen-bond acceptors (Lipinski definition) is 4. The number of aldehydes is 1. The Morgan fingerprint density at radius 3 is 2.43 bits per heavy atom. The molecule has 0 saturated heterocycles. The highest BCUT2D eigenvalue weighted by Gasteiger charge is 2.26. The monoisotopic (exact) mass is 407 g/mol. The largest absolute Gasteiger partial charge is 0.393 e. The standard InChI is InChI=1S/C25H33N3O2/c1-17(30)11-12-20-21(26-5)13-14-22-24(20)27-23(28(22)25(2,3)4)15-19(16-29)18-9-7-6-8-10-18/h6-10,13-14,16-17,19,26,30H,11-12,15H2,1-5H3. The van der Waals surface area contributed by atoms with E-state index in [1.807, 2.05) is 44.3 Å². The highest BCUT2D eigenvalue weighted by atomic mass is 16.3. The van der Waals surface area contributed by atoms with Gasteiger partial charge in [0.25, 0.3) is 0 Å². The number of anilines is 1. The third kappa shape index (κ3) is 4.57. The first-order valence-electron chi connectivity index (χ1n) is 10.7. The minimum absolute atomic E-state index is 0.184. The van der Waals surface area contributed by atoms with Gasteiger partial charge < -0.3 is 19.8 Å². The molecule has 0 aliphatic heterocycles. The predicted molar refractivity (Wildman–Crippen MR) is 123 cm³/mol. The number of carbonyl (C=O) groups is 1. The van der Waals surface area contributed by atoms with E-state index in [0.29, 0.717) is 12.8 Å². The van der Waals surface area contributed by atoms with Crippen LogP contribution in [0.3, 0.4) is 0 Å². The summed E-state index contributed by atoms with van der Waals surface area (Å²) in [6, 6.07) is 14.1. The number of nitrogens with zero attached hydrogens (tertiary/aromatic N) is 2. The van der Waals surface area contributed by atoms with Crippen molar-refractivity contribution in [2.45, 2.75) is 64.5 Å². The Balaban J connectivity index is 2.15. The van der Waals surface area contributed by atoms with Crippen molar-refractivity contribution >= 4 is 23.0 Å². The second-order valence-corrected chi connectivity index (χ2v) is 8.99. The molecular weight excluding hydrogens is 374 g/mol. The van der Waals surface area contributed by atoms with Crippen LogP contribution in [0.5, 0.6) is 0 Å². The number of aryl methyl sites for hydroxylation is 1. The summed E-state index contributed by atoms with van der Waals surface area (Å²) >= 11 is 0. The van der Waals surface area contributed by atoms with Gasteiger partial charge in [-0.1, -0.05) is 30.3 Å². The maximum Gasteiger partial charge on any atom is 0.127 e. The maximum atomic E-state index is 12.0. The van der Waals surface area contributed by atoms with E-state index in [1.54, 1.807) is 0 Å². The number of nitrogens with one attached hydrogen (secondary N) is 1. The molecule has 1 aromatic heterocycles. The van der Waals surface area contributed by atoms with Crippen LogP contribution in [-0.2, 0) is 23.2 Å². The first-order chi connectivity index (χ1) is 14.3. The van der Waals surface area contributed by atoms with E-state index in [9.17, 15) is 9.90 Å².